The third-order valence-electron chi connectivity index (χ3n) is 8.84. The van der Waals surface area contributed by atoms with Crippen LogP contribution in [-0.4, -0.2) is 69.3 Å². The summed E-state index contributed by atoms with van der Waals surface area (Å²) < 4.78 is 11.7. The third kappa shape index (κ3) is 35.5. The number of carbonyl (C=O) groups is 3. The molecule has 278 valence electrons. The molecule has 1 atom stereocenters. The molecule has 0 aliphatic heterocycles. The Hall–Kier alpha value is -1.63. The van der Waals surface area contributed by atoms with Crippen molar-refractivity contribution >= 4 is 17.8 Å². The number of amides is 1. The lowest BCUT2D eigenvalue weighted by Crippen LogP contribution is -2.46. The van der Waals surface area contributed by atoms with Crippen LogP contribution < -0.4 is 5.32 Å². The van der Waals surface area contributed by atoms with E-state index in [4.69, 9.17) is 9.47 Å². The van der Waals surface area contributed by atoms with Crippen LogP contribution in [0.2, 0.25) is 0 Å². The van der Waals surface area contributed by atoms with Gasteiger partial charge in [-0.1, -0.05) is 168 Å². The normalized spacial score (nSPS) is 12.2. The van der Waals surface area contributed by atoms with Gasteiger partial charge in [-0.3, -0.25) is 14.4 Å². The Morgan fingerprint density at radius 2 is 0.851 bits per heavy atom. The molecule has 0 saturated carbocycles. The van der Waals surface area contributed by atoms with Crippen LogP contribution in [0.15, 0.2) is 0 Å². The molecule has 7 nitrogen and oxygen atoms in total. The van der Waals surface area contributed by atoms with Gasteiger partial charge in [-0.2, -0.15) is 0 Å². The molecule has 0 rings (SSSR count). The van der Waals surface area contributed by atoms with Crippen LogP contribution in [0.3, 0.4) is 0 Å². The van der Waals surface area contributed by atoms with Gasteiger partial charge in [0, 0.05) is 12.8 Å². The lowest BCUT2D eigenvalue weighted by molar-refractivity contribution is -0.862. The summed E-state index contributed by atoms with van der Waals surface area (Å²) in [7, 11) is 5.85. The summed E-state index contributed by atoms with van der Waals surface area (Å²) >= 11 is 0. The Kier molecular flexibility index (Phi) is 31.8. The molecule has 0 aromatic heterocycles. The van der Waals surface area contributed by atoms with Gasteiger partial charge in [0.1, 0.15) is 6.61 Å². The van der Waals surface area contributed by atoms with Crippen molar-refractivity contribution in [1.29, 1.82) is 0 Å². The average Bonchev–Trinajstić information content (AvgIpc) is 3.02. The zero-order valence-corrected chi connectivity index (χ0v) is 32.0. The molecule has 47 heavy (non-hydrogen) atoms. The number of nitrogens with one attached hydrogen (secondary N) is 1. The van der Waals surface area contributed by atoms with Gasteiger partial charge in [0.25, 0.3) is 5.91 Å². The van der Waals surface area contributed by atoms with Crippen LogP contribution in [-0.2, 0) is 23.9 Å². The minimum atomic E-state index is -0.670. The van der Waals surface area contributed by atoms with E-state index >= 15 is 0 Å². The summed E-state index contributed by atoms with van der Waals surface area (Å²) in [5.41, 5.74) is 0. The minimum absolute atomic E-state index is 0.0216. The number of nitrogens with zero attached hydrogens (tertiary/aromatic N) is 1. The average molecular weight is 668 g/mol. The second kappa shape index (κ2) is 32.9. The van der Waals surface area contributed by atoms with Crippen LogP contribution in [0.5, 0.6) is 0 Å². The highest BCUT2D eigenvalue weighted by molar-refractivity contribution is 5.77. The molecular weight excluding hydrogens is 588 g/mol. The van der Waals surface area contributed by atoms with Crippen molar-refractivity contribution in [2.24, 2.45) is 0 Å². The van der Waals surface area contributed by atoms with Crippen molar-refractivity contribution in [3.05, 3.63) is 0 Å². The second-order valence-electron chi connectivity index (χ2n) is 15.0. The maximum absolute atomic E-state index is 12.6. The van der Waals surface area contributed by atoms with Crippen molar-refractivity contribution < 1.29 is 28.3 Å². The molecule has 0 spiro atoms. The number of unbranched alkanes of at least 4 members (excludes halogenated alkanes) is 24. The van der Waals surface area contributed by atoms with Crippen LogP contribution in [0, 0.1) is 0 Å². The topological polar surface area (TPSA) is 81.7 Å². The maximum Gasteiger partial charge on any atom is 0.306 e. The molecule has 0 aromatic carbocycles. The van der Waals surface area contributed by atoms with Gasteiger partial charge in [-0.05, 0) is 12.8 Å². The Bertz CT molecular complexity index is 737. The van der Waals surface area contributed by atoms with E-state index in [1.54, 1.807) is 0 Å². The summed E-state index contributed by atoms with van der Waals surface area (Å²) in [5, 5.41) is 2.86. The smallest absolute Gasteiger partial charge is 0.306 e. The van der Waals surface area contributed by atoms with E-state index in [1.165, 1.54) is 128 Å². The fourth-order valence-corrected chi connectivity index (χ4v) is 5.93. The third-order valence-corrected chi connectivity index (χ3v) is 8.84. The predicted molar refractivity (Wildman–Crippen MR) is 197 cm³/mol. The molecule has 1 N–H and O–H groups in total. The number of likely N-dealkylation sites (N-methyl/N-ethyl adjacent to an activating group) is 1. The number of carbonyl (C=O) groups excluding carboxylic acids is 3. The van der Waals surface area contributed by atoms with Gasteiger partial charge in [-0.25, -0.2) is 0 Å². The number of rotatable bonds is 35. The molecule has 0 fully saturated rings. The van der Waals surface area contributed by atoms with E-state index in [9.17, 15) is 14.4 Å². The predicted octanol–water partition coefficient (Wildman–Crippen LogP) is 10.2. The Morgan fingerprint density at radius 3 is 1.21 bits per heavy atom. The van der Waals surface area contributed by atoms with Crippen molar-refractivity contribution in [3.8, 4) is 0 Å². The van der Waals surface area contributed by atoms with Gasteiger partial charge >= 0.3 is 11.9 Å². The Balaban J connectivity index is 4.16. The molecule has 0 heterocycles. The Morgan fingerprint density at radius 1 is 0.511 bits per heavy atom. The first-order valence-electron chi connectivity index (χ1n) is 20.1. The number of ether oxygens (including phenoxy) is 2. The number of quaternary nitrogens is 1. The van der Waals surface area contributed by atoms with Crippen LogP contribution in [0.1, 0.15) is 194 Å². The highest BCUT2D eigenvalue weighted by atomic mass is 16.6. The second-order valence-corrected chi connectivity index (χ2v) is 15.0. The molecule has 1 unspecified atom stereocenters. The highest BCUT2D eigenvalue weighted by Gasteiger charge is 2.20. The summed E-state index contributed by atoms with van der Waals surface area (Å²) in [4.78, 5) is 37.4. The molecule has 0 radical (unpaired) electrons. The van der Waals surface area contributed by atoms with Gasteiger partial charge in [0.2, 0.25) is 0 Å². The van der Waals surface area contributed by atoms with Crippen molar-refractivity contribution in [2.75, 3.05) is 40.8 Å². The molecule has 0 saturated heterocycles. The zero-order valence-electron chi connectivity index (χ0n) is 32.0. The molecule has 7 heteroatoms. The van der Waals surface area contributed by atoms with Crippen molar-refractivity contribution in [1.82, 2.24) is 5.32 Å². The molecule has 0 aliphatic carbocycles. The summed E-state index contributed by atoms with van der Waals surface area (Å²) in [6.45, 7) is 4.97. The quantitative estimate of drug-likeness (QED) is 0.0413. The first-order valence-corrected chi connectivity index (χ1v) is 20.1. The monoisotopic (exact) mass is 668 g/mol. The SMILES string of the molecule is CCCCCCCCCCCCCCCC(=O)OCC(CNC(=O)C[N+](C)(C)C)OC(=O)CCCCCCCCCCCCCCC. The number of hydrogen-bond donors (Lipinski definition) is 1. The van der Waals surface area contributed by atoms with Gasteiger partial charge in [0.15, 0.2) is 12.6 Å². The highest BCUT2D eigenvalue weighted by Crippen LogP contribution is 2.15. The van der Waals surface area contributed by atoms with Crippen molar-refractivity contribution in [2.45, 2.75) is 200 Å². The molecule has 0 aromatic rings. The summed E-state index contributed by atoms with van der Waals surface area (Å²) in [5.74, 6) is -0.664. The van der Waals surface area contributed by atoms with E-state index in [0.717, 1.165) is 38.5 Å². The fourth-order valence-electron chi connectivity index (χ4n) is 5.93. The van der Waals surface area contributed by atoms with E-state index in [0.29, 0.717) is 23.9 Å². The summed E-state index contributed by atoms with van der Waals surface area (Å²) in [6, 6.07) is 0. The van der Waals surface area contributed by atoms with Crippen LogP contribution in [0.25, 0.3) is 0 Å². The first-order chi connectivity index (χ1) is 22.7. The standard InChI is InChI=1S/C40H78N2O5/c1-6-8-10-12-14-16-18-20-22-24-26-28-30-32-39(44)46-36-37(34-41-38(43)35-42(3,4)5)47-40(45)33-31-29-27-25-23-21-19-17-15-13-11-9-7-2/h37H,6-36H2,1-5H3/p+1. The summed E-state index contributed by atoms with van der Waals surface area (Å²) in [6.07, 6.45) is 32.8. The van der Waals surface area contributed by atoms with E-state index in [2.05, 4.69) is 19.2 Å². The van der Waals surface area contributed by atoms with Crippen molar-refractivity contribution in [3.63, 3.8) is 0 Å². The number of hydrogen-bond acceptors (Lipinski definition) is 5. The van der Waals surface area contributed by atoms with E-state index in [1.807, 2.05) is 21.1 Å². The molecule has 0 aliphatic rings. The first kappa shape index (κ1) is 45.4. The van der Waals surface area contributed by atoms with Crippen LogP contribution >= 0.6 is 0 Å². The molecule has 0 bridgehead atoms. The maximum atomic E-state index is 12.6. The lowest BCUT2D eigenvalue weighted by atomic mass is 10.0. The van der Waals surface area contributed by atoms with Gasteiger partial charge < -0.3 is 19.3 Å². The van der Waals surface area contributed by atoms with Gasteiger partial charge in [0.05, 0.1) is 27.7 Å². The van der Waals surface area contributed by atoms with Gasteiger partial charge in [-0.15, -0.1) is 0 Å². The minimum Gasteiger partial charge on any atom is -0.462 e. The lowest BCUT2D eigenvalue weighted by Gasteiger charge is -2.24. The molecular formula is C40H79N2O5+. The number of esters is 2. The largest absolute Gasteiger partial charge is 0.462 e. The van der Waals surface area contributed by atoms with E-state index in [-0.39, 0.29) is 31.0 Å². The molecule has 1 amide bonds. The van der Waals surface area contributed by atoms with E-state index < -0.39 is 6.10 Å². The fraction of sp³-hybridized carbons (Fsp3) is 0.925. The zero-order chi connectivity index (χ0) is 34.9. The Labute approximate surface area is 291 Å². The van der Waals surface area contributed by atoms with Crippen LogP contribution in [0.4, 0.5) is 0 Å².